The number of nitrogens with zero attached hydrogens (tertiary/aromatic N) is 20. The van der Waals surface area contributed by atoms with Crippen molar-refractivity contribution >= 4 is 0 Å². The quantitative estimate of drug-likeness (QED) is 0.197. The third kappa shape index (κ3) is 38.4. The van der Waals surface area contributed by atoms with Crippen LogP contribution in [-0.4, -0.2) is 487 Å². The van der Waals surface area contributed by atoms with E-state index < -0.39 is 0 Å². The van der Waals surface area contributed by atoms with E-state index in [1.807, 2.05) is 0 Å². The molecule has 0 N–H and O–H groups in total. The average Bonchev–Trinajstić information content (AvgIpc) is 1.56. The molecule has 13 saturated heterocycles. The lowest BCUT2D eigenvalue weighted by atomic mass is 9.92. The fraction of sp³-hybridized carbons (Fsp3) is 1.00. The number of likely N-dealkylation sites (tertiary alicyclic amines) is 13. The third-order valence-corrected chi connectivity index (χ3v) is 32.4. The molecule has 760 valence electrons. The van der Waals surface area contributed by atoms with Crippen LogP contribution in [0.5, 0.6) is 0 Å². The van der Waals surface area contributed by atoms with Gasteiger partial charge in [0.2, 0.25) is 0 Å². The first kappa shape index (κ1) is 118. The van der Waals surface area contributed by atoms with Crippen LogP contribution < -0.4 is 0 Å². The second-order valence-corrected chi connectivity index (χ2v) is 55.3. The van der Waals surface area contributed by atoms with E-state index in [-0.39, 0.29) is 0 Å². The van der Waals surface area contributed by atoms with Crippen LogP contribution in [0.15, 0.2) is 0 Å². The van der Waals surface area contributed by atoms with Crippen LogP contribution in [0.1, 0.15) is 253 Å². The van der Waals surface area contributed by atoms with Gasteiger partial charge in [-0.3, -0.25) is 39.2 Å². The molecular formula is C108H228N20. The van der Waals surface area contributed by atoms with E-state index in [4.69, 9.17) is 0 Å². The zero-order valence-electron chi connectivity index (χ0n) is 95.2. The zero-order valence-corrected chi connectivity index (χ0v) is 95.2. The lowest BCUT2D eigenvalue weighted by Gasteiger charge is -2.48. The van der Waals surface area contributed by atoms with Crippen molar-refractivity contribution in [3.05, 3.63) is 0 Å². The molecule has 13 atom stereocenters. The molecule has 13 aliphatic heterocycles. The van der Waals surface area contributed by atoms with E-state index in [0.29, 0.717) is 55.4 Å². The molecule has 0 aromatic heterocycles. The van der Waals surface area contributed by atoms with Crippen LogP contribution in [0.3, 0.4) is 0 Å². The monoisotopic (exact) mass is 1810 g/mol. The summed E-state index contributed by atoms with van der Waals surface area (Å²) in [5.74, 6) is 10.2. The summed E-state index contributed by atoms with van der Waals surface area (Å²) in [4.78, 5) is 49.8. The van der Waals surface area contributed by atoms with E-state index in [2.05, 4.69) is 432 Å². The van der Waals surface area contributed by atoms with Gasteiger partial charge in [-0.1, -0.05) is 6.92 Å². The minimum atomic E-state index is 0.302. The molecule has 20 nitrogen and oxygen atoms in total. The molecule has 13 unspecified atom stereocenters. The van der Waals surface area contributed by atoms with E-state index in [9.17, 15) is 0 Å². The van der Waals surface area contributed by atoms with Gasteiger partial charge in [-0.05, 0) is 457 Å². The summed E-state index contributed by atoms with van der Waals surface area (Å²) in [7, 11) is 37.3. The molecule has 0 aromatic rings. The van der Waals surface area contributed by atoms with Crippen LogP contribution in [0.4, 0.5) is 0 Å². The van der Waals surface area contributed by atoms with Gasteiger partial charge >= 0.3 is 0 Å². The van der Waals surface area contributed by atoms with Crippen molar-refractivity contribution in [2.75, 3.05) is 303 Å². The van der Waals surface area contributed by atoms with Crippen molar-refractivity contribution in [3.63, 3.8) is 0 Å². The lowest BCUT2D eigenvalue weighted by molar-refractivity contribution is 0.00403. The lowest BCUT2D eigenvalue weighted by Crippen LogP contribution is -2.58. The van der Waals surface area contributed by atoms with Crippen LogP contribution >= 0.6 is 0 Å². The fourth-order valence-electron chi connectivity index (χ4n) is 22.6. The zero-order chi connectivity index (χ0) is 97.8. The number of hydrogen-bond acceptors (Lipinski definition) is 20. The minimum absolute atomic E-state index is 0.302. The molecule has 1 aliphatic carbocycles. The van der Waals surface area contributed by atoms with Gasteiger partial charge in [0.1, 0.15) is 0 Å². The molecule has 14 fully saturated rings. The Morgan fingerprint density at radius 2 is 0.633 bits per heavy atom. The van der Waals surface area contributed by atoms with E-state index in [1.165, 1.54) is 209 Å². The van der Waals surface area contributed by atoms with Crippen LogP contribution in [0.2, 0.25) is 0 Å². The smallest absolute Gasteiger partial charge is 0.0269 e. The Balaban J connectivity index is 0.000000252. The summed E-state index contributed by atoms with van der Waals surface area (Å²) in [5, 5.41) is 0. The predicted octanol–water partition coefficient (Wildman–Crippen LogP) is 14.8. The average molecular weight is 1810 g/mol. The van der Waals surface area contributed by atoms with Gasteiger partial charge < -0.3 is 58.8 Å². The Bertz CT molecular complexity index is 3020. The van der Waals surface area contributed by atoms with Crippen molar-refractivity contribution < 1.29 is 0 Å². The second-order valence-electron chi connectivity index (χ2n) is 55.3. The number of likely N-dealkylation sites (N-methyl/N-ethyl adjacent to an activating group) is 6. The molecule has 13 heterocycles. The first-order chi connectivity index (χ1) is 58.2. The maximum absolute atomic E-state index is 2.70. The van der Waals surface area contributed by atoms with Gasteiger partial charge in [0.25, 0.3) is 0 Å². The topological polar surface area (TPSA) is 64.8 Å². The van der Waals surface area contributed by atoms with E-state index in [1.54, 1.807) is 0 Å². The van der Waals surface area contributed by atoms with Gasteiger partial charge in [0.15, 0.2) is 0 Å². The molecule has 0 aromatic carbocycles. The standard InChI is InChI=1S/C12H24N2.C12H26N2.4C11H22N2.C11H24N2.2C10H22N2.C9H22N2/c1-12(2,3)14-8-10-6-5-7-13(4)11(10)9-14;1-10-7-14(12(2,3)4)9-11(10)8-13(5)6;1-11(2,3)13-7-9-5-12(4)6-10(9)8-13;1-11(2,3)13-6-8-9(7-13)10(8)12(4)5;1-11(2,3)13-6-5-9-7-12(4)8-10(9)13;1-11(2,3)13-7-9-5-6-12(4)10(9)8-13;1-11(2,3)13-8-6-7-10(9-13)12(4)5;1-10(2,3)12(5)8-9-6-11(4)7-9;1-10(2,3)12-7-9(8-12)6-11(4)5;1-9(2,3)11(6)8-7-10(4)5/h10-11H,5-9H2,1-4H3;10-11H,7-9H2,1-6H3;9-10H,5-8H2,1-4H3;8-10H,6-7H2,1-5H3;2*9-10H,5-8H2,1-4H3;10H,6-9H2,1-5H3;2*9H,6-8H2,1-5H3;7-8H2,1-6H3. The normalized spacial score (nSPS) is 30.4. The maximum Gasteiger partial charge on any atom is 0.0269 e. The SMILES string of the molecule is CC1CN(C(C)(C)C)CC1CN(C)C.CN(C)C1C2CN(C(C)(C)C)CC21.CN(C)C1CCCN(C(C)(C)C)C1.CN(C)CC1CN(C(C)(C)C)C1.CN(C)CCN(C)C(C)(C)C.CN1CC(CN(C)C(C)(C)C)C1.CN1CC2CCN(C(C)(C)C)C2C1.CN1CC2CN(C(C)(C)C)CC2C1.CN1CCC2CN(C(C)(C)C)CC21.CN1CCCC2CN(C(C)(C)C)CC21. The van der Waals surface area contributed by atoms with Crippen molar-refractivity contribution in [2.24, 2.45) is 65.1 Å². The molecule has 14 rings (SSSR count). The summed E-state index contributed by atoms with van der Waals surface area (Å²) >= 11 is 0. The fourth-order valence-corrected chi connectivity index (χ4v) is 22.6. The molecule has 0 spiro atoms. The first-order valence-corrected chi connectivity index (χ1v) is 52.3. The highest BCUT2D eigenvalue weighted by atomic mass is 15.3. The molecule has 14 aliphatic rings. The summed E-state index contributed by atoms with van der Waals surface area (Å²) in [6.45, 7) is 107. The molecule has 128 heavy (non-hydrogen) atoms. The summed E-state index contributed by atoms with van der Waals surface area (Å²) in [6, 6.07) is 4.17. The van der Waals surface area contributed by atoms with Crippen molar-refractivity contribution in [1.82, 2.24) is 98.0 Å². The van der Waals surface area contributed by atoms with Crippen molar-refractivity contribution in [3.8, 4) is 0 Å². The Morgan fingerprint density at radius 1 is 0.266 bits per heavy atom. The van der Waals surface area contributed by atoms with Gasteiger partial charge in [0, 0.05) is 243 Å². The van der Waals surface area contributed by atoms with Crippen LogP contribution in [0.25, 0.3) is 0 Å². The molecule has 0 amide bonds. The van der Waals surface area contributed by atoms with Gasteiger partial charge in [0.05, 0.1) is 0 Å². The Labute approximate surface area is 800 Å². The van der Waals surface area contributed by atoms with Crippen LogP contribution in [-0.2, 0) is 0 Å². The van der Waals surface area contributed by atoms with Gasteiger partial charge in [-0.25, -0.2) is 0 Å². The maximum atomic E-state index is 2.70. The van der Waals surface area contributed by atoms with E-state index in [0.717, 1.165) is 108 Å². The molecular weight excluding hydrogens is 1580 g/mol. The number of piperidine rings is 3. The molecule has 1 saturated carbocycles. The highest BCUT2D eigenvalue weighted by molar-refractivity contribution is 5.12. The number of hydrogen-bond donors (Lipinski definition) is 0. The predicted molar refractivity (Wildman–Crippen MR) is 562 cm³/mol. The van der Waals surface area contributed by atoms with Crippen molar-refractivity contribution in [1.29, 1.82) is 0 Å². The number of fused-ring (bicyclic) bond motifs is 5. The number of rotatable bonds is 11. The molecule has 0 bridgehead atoms. The molecule has 0 radical (unpaired) electrons. The van der Waals surface area contributed by atoms with Crippen LogP contribution in [0, 0.1) is 65.1 Å². The molecule has 20 heteroatoms. The Hall–Kier alpha value is -0.800. The van der Waals surface area contributed by atoms with Crippen molar-refractivity contribution in [2.45, 2.75) is 339 Å². The third-order valence-electron chi connectivity index (χ3n) is 32.4. The Morgan fingerprint density at radius 3 is 1.03 bits per heavy atom. The highest BCUT2D eigenvalue weighted by Crippen LogP contribution is 2.50. The second kappa shape index (κ2) is 48.9. The highest BCUT2D eigenvalue weighted by Gasteiger charge is 2.58. The van der Waals surface area contributed by atoms with E-state index >= 15 is 0 Å². The van der Waals surface area contributed by atoms with Gasteiger partial charge in [-0.15, -0.1) is 0 Å². The van der Waals surface area contributed by atoms with Gasteiger partial charge in [-0.2, -0.15) is 0 Å². The summed E-state index contributed by atoms with van der Waals surface area (Å²) < 4.78 is 0. The minimum Gasteiger partial charge on any atom is -0.309 e. The summed E-state index contributed by atoms with van der Waals surface area (Å²) in [6.07, 6.45) is 8.37. The summed E-state index contributed by atoms with van der Waals surface area (Å²) in [5.41, 5.74) is 3.54. The largest absolute Gasteiger partial charge is 0.309 e. The Kier molecular flexibility index (Phi) is 44.9. The first-order valence-electron chi connectivity index (χ1n) is 52.3.